The van der Waals surface area contributed by atoms with Crippen LogP contribution in [0.2, 0.25) is 0 Å². The third-order valence-electron chi connectivity index (χ3n) is 5.69. The molecule has 0 bridgehead atoms. The van der Waals surface area contributed by atoms with Gasteiger partial charge in [0.05, 0.1) is 5.69 Å². The number of aromatic nitrogens is 3. The highest BCUT2D eigenvalue weighted by Crippen LogP contribution is 2.29. The topological polar surface area (TPSA) is 84.2 Å². The lowest BCUT2D eigenvalue weighted by Crippen LogP contribution is -2.43. The van der Waals surface area contributed by atoms with Crippen LogP contribution in [0.1, 0.15) is 37.4 Å². The number of anilines is 1. The molecule has 7 nitrogen and oxygen atoms in total. The lowest BCUT2D eigenvalue weighted by Gasteiger charge is -2.32. The number of hydrogen-bond donors (Lipinski definition) is 1. The minimum absolute atomic E-state index is 0.0475. The molecule has 0 unspecified atom stereocenters. The van der Waals surface area contributed by atoms with E-state index in [4.69, 9.17) is 4.52 Å². The molecule has 1 saturated heterocycles. The number of carbonyl (C=O) groups excluding carboxylic acids is 1. The summed E-state index contributed by atoms with van der Waals surface area (Å²) >= 11 is 0. The second-order valence-electron chi connectivity index (χ2n) is 7.84. The van der Waals surface area contributed by atoms with Crippen LogP contribution in [-0.2, 0) is 11.2 Å². The van der Waals surface area contributed by atoms with E-state index >= 15 is 0 Å². The van der Waals surface area contributed by atoms with Gasteiger partial charge in [-0.2, -0.15) is 4.98 Å². The highest BCUT2D eigenvalue weighted by atomic mass is 16.5. The summed E-state index contributed by atoms with van der Waals surface area (Å²) in [4.78, 5) is 23.5. The molecule has 0 aliphatic carbocycles. The van der Waals surface area contributed by atoms with Crippen LogP contribution in [-0.4, -0.2) is 40.2 Å². The van der Waals surface area contributed by atoms with E-state index < -0.39 is 0 Å². The number of benzene rings is 1. The molecular formula is C22H27N5O2. The zero-order valence-electron chi connectivity index (χ0n) is 17.0. The summed E-state index contributed by atoms with van der Waals surface area (Å²) in [5, 5.41) is 8.06. The summed E-state index contributed by atoms with van der Waals surface area (Å²) in [5.41, 5.74) is 2.62. The number of amides is 1. The molecule has 29 heavy (non-hydrogen) atoms. The van der Waals surface area contributed by atoms with E-state index in [0.29, 0.717) is 5.71 Å². The molecule has 3 heterocycles. The minimum atomic E-state index is 0.0475. The summed E-state index contributed by atoms with van der Waals surface area (Å²) in [6.45, 7) is 5.55. The summed E-state index contributed by atoms with van der Waals surface area (Å²) in [7, 11) is 0. The molecule has 1 fully saturated rings. The van der Waals surface area contributed by atoms with Crippen molar-refractivity contribution in [1.82, 2.24) is 20.4 Å². The molecule has 2 aromatic heterocycles. The summed E-state index contributed by atoms with van der Waals surface area (Å²) in [5.74, 6) is 1.06. The molecule has 1 atom stereocenters. The smallest absolute Gasteiger partial charge is 0.263 e. The van der Waals surface area contributed by atoms with Crippen molar-refractivity contribution >= 4 is 22.8 Å². The van der Waals surface area contributed by atoms with Crippen molar-refractivity contribution in [2.75, 3.05) is 18.0 Å². The van der Waals surface area contributed by atoms with Gasteiger partial charge in [0.2, 0.25) is 5.91 Å². The first-order valence-electron chi connectivity index (χ1n) is 10.3. The summed E-state index contributed by atoms with van der Waals surface area (Å²) < 4.78 is 5.25. The van der Waals surface area contributed by atoms with Gasteiger partial charge in [-0.25, -0.2) is 4.98 Å². The Morgan fingerprint density at radius 2 is 2.00 bits per heavy atom. The Morgan fingerprint density at radius 1 is 1.24 bits per heavy atom. The molecule has 1 aromatic carbocycles. The lowest BCUT2D eigenvalue weighted by molar-refractivity contribution is -0.126. The van der Waals surface area contributed by atoms with Gasteiger partial charge in [0.15, 0.2) is 0 Å². The number of hydrogen-bond acceptors (Lipinski definition) is 6. The number of rotatable bonds is 6. The molecule has 7 heteroatoms. The zero-order valence-corrected chi connectivity index (χ0v) is 17.0. The molecule has 4 rings (SSSR count). The van der Waals surface area contributed by atoms with Gasteiger partial charge in [-0.15, -0.1) is 0 Å². The number of nitrogens with zero attached hydrogens (tertiary/aromatic N) is 4. The second kappa shape index (κ2) is 8.59. The van der Waals surface area contributed by atoms with Crippen LogP contribution in [0.25, 0.3) is 11.1 Å². The van der Waals surface area contributed by atoms with Crippen LogP contribution in [0.5, 0.6) is 0 Å². The molecule has 0 saturated carbocycles. The summed E-state index contributed by atoms with van der Waals surface area (Å²) in [6, 6.07) is 10.6. The molecule has 152 valence electrons. The quantitative estimate of drug-likeness (QED) is 0.692. The normalized spacial score (nSPS) is 16.1. The van der Waals surface area contributed by atoms with E-state index in [1.165, 1.54) is 11.9 Å². The Bertz CT molecular complexity index is 964. The lowest BCUT2D eigenvalue weighted by atomic mass is 9.95. The first-order valence-corrected chi connectivity index (χ1v) is 10.3. The molecule has 3 aromatic rings. The zero-order chi connectivity index (χ0) is 20.2. The summed E-state index contributed by atoms with van der Waals surface area (Å²) in [6.07, 6.45) is 5.05. The monoisotopic (exact) mass is 393 g/mol. The fourth-order valence-electron chi connectivity index (χ4n) is 3.96. The maximum atomic E-state index is 12.7. The molecule has 1 amide bonds. The van der Waals surface area contributed by atoms with E-state index in [0.717, 1.165) is 55.7 Å². The largest absolute Gasteiger partial charge is 0.356 e. The Balaban J connectivity index is 1.30. The average molecular weight is 393 g/mol. The van der Waals surface area contributed by atoms with Crippen molar-refractivity contribution in [3.8, 4) is 0 Å². The van der Waals surface area contributed by atoms with Crippen molar-refractivity contribution in [3.63, 3.8) is 0 Å². The molecule has 1 aliphatic rings. The molecule has 1 aliphatic heterocycles. The highest BCUT2D eigenvalue weighted by molar-refractivity contribution is 5.88. The number of nitrogens with one attached hydrogen (secondary N) is 1. The van der Waals surface area contributed by atoms with Crippen LogP contribution in [0.3, 0.4) is 0 Å². The number of piperidine rings is 1. The number of carbonyl (C=O) groups is 1. The minimum Gasteiger partial charge on any atom is -0.356 e. The van der Waals surface area contributed by atoms with Gasteiger partial charge in [-0.3, -0.25) is 4.79 Å². The van der Waals surface area contributed by atoms with Gasteiger partial charge < -0.3 is 14.7 Å². The van der Waals surface area contributed by atoms with E-state index in [-0.39, 0.29) is 17.9 Å². The van der Waals surface area contributed by atoms with Gasteiger partial charge in [0.25, 0.3) is 5.71 Å². The molecule has 1 N–H and O–H groups in total. The van der Waals surface area contributed by atoms with Crippen LogP contribution < -0.4 is 10.2 Å². The first-order chi connectivity index (χ1) is 14.1. The Labute approximate surface area is 170 Å². The number of fused-ring (bicyclic) bond motifs is 1. The molecule has 0 radical (unpaired) electrons. The van der Waals surface area contributed by atoms with Crippen LogP contribution in [0.15, 0.2) is 41.2 Å². The Morgan fingerprint density at radius 3 is 2.76 bits per heavy atom. The van der Waals surface area contributed by atoms with E-state index in [1.54, 1.807) is 0 Å². The molecular weight excluding hydrogens is 366 g/mol. The SMILES string of the molecule is Cc1noc2ncnc(N3CCC(C(=O)N[C@@H](C)CCc4ccccc4)CC3)c12. The predicted molar refractivity (Wildman–Crippen MR) is 112 cm³/mol. The third-order valence-corrected chi connectivity index (χ3v) is 5.69. The third kappa shape index (κ3) is 4.39. The van der Waals surface area contributed by atoms with Crippen molar-refractivity contribution < 1.29 is 9.32 Å². The Kier molecular flexibility index (Phi) is 5.74. The second-order valence-corrected chi connectivity index (χ2v) is 7.84. The number of aryl methyl sites for hydroxylation is 2. The first kappa shape index (κ1) is 19.4. The van der Waals surface area contributed by atoms with Crippen LogP contribution >= 0.6 is 0 Å². The maximum Gasteiger partial charge on any atom is 0.263 e. The van der Waals surface area contributed by atoms with Crippen molar-refractivity contribution in [2.45, 2.75) is 45.6 Å². The van der Waals surface area contributed by atoms with Gasteiger partial charge in [-0.05, 0) is 45.1 Å². The van der Waals surface area contributed by atoms with Crippen LogP contribution in [0.4, 0.5) is 5.82 Å². The van der Waals surface area contributed by atoms with E-state index in [2.05, 4.69) is 56.5 Å². The predicted octanol–water partition coefficient (Wildman–Crippen LogP) is 3.28. The fraction of sp³-hybridized carbons (Fsp3) is 0.455. The van der Waals surface area contributed by atoms with Gasteiger partial charge in [0, 0.05) is 25.0 Å². The Hall–Kier alpha value is -2.96. The maximum absolute atomic E-state index is 12.7. The highest BCUT2D eigenvalue weighted by Gasteiger charge is 2.28. The van der Waals surface area contributed by atoms with Crippen LogP contribution in [0, 0.1) is 12.8 Å². The fourth-order valence-corrected chi connectivity index (χ4v) is 3.96. The van der Waals surface area contributed by atoms with E-state index in [1.807, 2.05) is 13.0 Å². The van der Waals surface area contributed by atoms with Gasteiger partial charge >= 0.3 is 0 Å². The van der Waals surface area contributed by atoms with Gasteiger partial charge in [0.1, 0.15) is 17.5 Å². The van der Waals surface area contributed by atoms with E-state index in [9.17, 15) is 4.79 Å². The van der Waals surface area contributed by atoms with Crippen molar-refractivity contribution in [1.29, 1.82) is 0 Å². The van der Waals surface area contributed by atoms with Gasteiger partial charge in [-0.1, -0.05) is 35.5 Å². The van der Waals surface area contributed by atoms with Crippen molar-refractivity contribution in [3.05, 3.63) is 47.9 Å². The van der Waals surface area contributed by atoms with Crippen molar-refractivity contribution in [2.24, 2.45) is 5.92 Å². The average Bonchev–Trinajstić information content (AvgIpc) is 3.14. The standard InChI is InChI=1S/C22H27N5O2/c1-15(8-9-17-6-4-3-5-7-17)25-21(28)18-10-12-27(13-11-18)20-19-16(2)26-29-22(19)24-14-23-20/h3-7,14-15,18H,8-13H2,1-2H3,(H,25,28)/t15-/m0/s1. The molecule has 0 spiro atoms.